The van der Waals surface area contributed by atoms with Gasteiger partial charge in [0.2, 0.25) is 0 Å². The van der Waals surface area contributed by atoms with Crippen LogP contribution in [0.25, 0.3) is 0 Å². The zero-order valence-electron chi connectivity index (χ0n) is 9.11. The van der Waals surface area contributed by atoms with E-state index in [0.29, 0.717) is 12.0 Å². The van der Waals surface area contributed by atoms with Gasteiger partial charge in [-0.1, -0.05) is 13.8 Å². The van der Waals surface area contributed by atoms with Crippen LogP contribution in [0.4, 0.5) is 10.1 Å². The molecule has 0 fully saturated rings. The van der Waals surface area contributed by atoms with Crippen LogP contribution >= 0.6 is 11.6 Å². The molecule has 0 spiro atoms. The lowest BCUT2D eigenvalue weighted by Crippen LogP contribution is -2.10. The van der Waals surface area contributed by atoms with E-state index in [1.807, 2.05) is 6.92 Å². The van der Waals surface area contributed by atoms with E-state index in [0.717, 1.165) is 6.07 Å². The van der Waals surface area contributed by atoms with Gasteiger partial charge in [-0.15, -0.1) is 11.6 Å². The maximum Gasteiger partial charge on any atom is 0.275 e. The SMILES string of the molecule is CCC(Cl)C(C)c1ccc(F)cc1[N+](=O)[O-]. The van der Waals surface area contributed by atoms with Gasteiger partial charge in [0.1, 0.15) is 5.82 Å². The molecule has 1 aromatic carbocycles. The van der Waals surface area contributed by atoms with E-state index in [1.165, 1.54) is 12.1 Å². The number of rotatable bonds is 4. The Bertz CT molecular complexity index is 398. The Labute approximate surface area is 98.4 Å². The van der Waals surface area contributed by atoms with Gasteiger partial charge in [0, 0.05) is 16.9 Å². The lowest BCUT2D eigenvalue weighted by atomic mass is 9.94. The molecule has 0 aliphatic carbocycles. The Hall–Kier alpha value is -1.16. The van der Waals surface area contributed by atoms with E-state index >= 15 is 0 Å². The van der Waals surface area contributed by atoms with E-state index < -0.39 is 10.7 Å². The van der Waals surface area contributed by atoms with Crippen molar-refractivity contribution in [3.05, 3.63) is 39.7 Å². The van der Waals surface area contributed by atoms with Gasteiger partial charge >= 0.3 is 0 Å². The monoisotopic (exact) mass is 245 g/mol. The van der Waals surface area contributed by atoms with Crippen LogP contribution in [0.2, 0.25) is 0 Å². The summed E-state index contributed by atoms with van der Waals surface area (Å²) in [6, 6.07) is 3.59. The lowest BCUT2D eigenvalue weighted by Gasteiger charge is -2.16. The highest BCUT2D eigenvalue weighted by atomic mass is 35.5. The maximum atomic E-state index is 12.9. The zero-order valence-corrected chi connectivity index (χ0v) is 9.87. The molecule has 2 atom stereocenters. The second-order valence-corrected chi connectivity index (χ2v) is 4.23. The summed E-state index contributed by atoms with van der Waals surface area (Å²) in [5.74, 6) is -0.780. The highest BCUT2D eigenvalue weighted by Crippen LogP contribution is 2.32. The highest BCUT2D eigenvalue weighted by molar-refractivity contribution is 6.21. The molecular formula is C11H13ClFNO2. The molecule has 16 heavy (non-hydrogen) atoms. The number of nitro groups is 1. The number of benzene rings is 1. The minimum Gasteiger partial charge on any atom is -0.258 e. The number of alkyl halides is 1. The third kappa shape index (κ3) is 2.70. The van der Waals surface area contributed by atoms with E-state index in [2.05, 4.69) is 0 Å². The summed E-state index contributed by atoms with van der Waals surface area (Å²) in [7, 11) is 0. The first-order valence-electron chi connectivity index (χ1n) is 5.05. The molecule has 2 unspecified atom stereocenters. The highest BCUT2D eigenvalue weighted by Gasteiger charge is 2.23. The molecule has 0 bridgehead atoms. The van der Waals surface area contributed by atoms with Crippen molar-refractivity contribution in [1.29, 1.82) is 0 Å². The largest absolute Gasteiger partial charge is 0.275 e. The Kier molecular flexibility index (Phi) is 4.24. The summed E-state index contributed by atoms with van der Waals surface area (Å²) in [5, 5.41) is 10.6. The minimum atomic E-state index is -0.606. The van der Waals surface area contributed by atoms with Gasteiger partial charge < -0.3 is 0 Å². The van der Waals surface area contributed by atoms with Crippen LogP contribution in [0.3, 0.4) is 0 Å². The molecule has 88 valence electrons. The molecule has 0 aliphatic rings. The topological polar surface area (TPSA) is 43.1 Å². The third-order valence-electron chi connectivity index (χ3n) is 2.61. The van der Waals surface area contributed by atoms with Gasteiger partial charge in [-0.05, 0) is 18.6 Å². The molecule has 0 aliphatic heterocycles. The summed E-state index contributed by atoms with van der Waals surface area (Å²) in [6.07, 6.45) is 0.706. The third-order valence-corrected chi connectivity index (χ3v) is 3.30. The molecule has 0 aromatic heterocycles. The van der Waals surface area contributed by atoms with Crippen LogP contribution in [-0.4, -0.2) is 10.3 Å². The Morgan fingerprint density at radius 2 is 2.19 bits per heavy atom. The number of halogens is 2. The Morgan fingerprint density at radius 1 is 1.56 bits per heavy atom. The van der Waals surface area contributed by atoms with E-state index in [9.17, 15) is 14.5 Å². The predicted octanol–water partition coefficient (Wildman–Crippen LogP) is 3.85. The standard InChI is InChI=1S/C11H13ClFNO2/c1-3-10(12)7(2)9-5-4-8(13)6-11(9)14(15)16/h4-7,10H,3H2,1-2H3. The molecule has 1 rings (SSSR count). The van der Waals surface area contributed by atoms with Crippen molar-refractivity contribution in [2.75, 3.05) is 0 Å². The molecule has 0 heterocycles. The van der Waals surface area contributed by atoms with Gasteiger partial charge in [0.05, 0.1) is 11.0 Å². The molecule has 3 nitrogen and oxygen atoms in total. The first-order chi connectivity index (χ1) is 7.47. The van der Waals surface area contributed by atoms with Gasteiger partial charge in [-0.3, -0.25) is 10.1 Å². The molecule has 0 amide bonds. The van der Waals surface area contributed by atoms with Crippen molar-refractivity contribution < 1.29 is 9.31 Å². The predicted molar refractivity (Wildman–Crippen MR) is 61.4 cm³/mol. The van der Waals surface area contributed by atoms with Gasteiger partial charge in [-0.25, -0.2) is 4.39 Å². The van der Waals surface area contributed by atoms with E-state index in [4.69, 9.17) is 11.6 Å². The zero-order chi connectivity index (χ0) is 12.3. The quantitative estimate of drug-likeness (QED) is 0.459. The summed E-state index contributed by atoms with van der Waals surface area (Å²) in [5.41, 5.74) is 0.278. The molecular weight excluding hydrogens is 233 g/mol. The maximum absolute atomic E-state index is 12.9. The fourth-order valence-electron chi connectivity index (χ4n) is 1.61. The van der Waals surface area contributed by atoms with Gasteiger partial charge in [0.15, 0.2) is 0 Å². The van der Waals surface area contributed by atoms with Crippen LogP contribution in [-0.2, 0) is 0 Å². The number of hydrogen-bond donors (Lipinski definition) is 0. The average molecular weight is 246 g/mol. The molecule has 0 saturated heterocycles. The summed E-state index contributed by atoms with van der Waals surface area (Å²) >= 11 is 6.05. The molecule has 1 aromatic rings. The van der Waals surface area contributed by atoms with Gasteiger partial charge in [0.25, 0.3) is 5.69 Å². The van der Waals surface area contributed by atoms with Crippen molar-refractivity contribution in [3.8, 4) is 0 Å². The fourth-order valence-corrected chi connectivity index (χ4v) is 1.74. The summed E-state index contributed by atoms with van der Waals surface area (Å²) in [4.78, 5) is 10.2. The van der Waals surface area contributed by atoms with Gasteiger partial charge in [-0.2, -0.15) is 0 Å². The van der Waals surface area contributed by atoms with Crippen LogP contribution in [0.5, 0.6) is 0 Å². The number of nitrogens with zero attached hydrogens (tertiary/aromatic N) is 1. The fraction of sp³-hybridized carbons (Fsp3) is 0.455. The summed E-state index contributed by atoms with van der Waals surface area (Å²) < 4.78 is 12.9. The molecule has 5 heteroatoms. The van der Waals surface area contributed by atoms with Crippen molar-refractivity contribution in [1.82, 2.24) is 0 Å². The smallest absolute Gasteiger partial charge is 0.258 e. The number of hydrogen-bond acceptors (Lipinski definition) is 2. The van der Waals surface area contributed by atoms with Crippen LogP contribution in [0.1, 0.15) is 31.7 Å². The van der Waals surface area contributed by atoms with Crippen molar-refractivity contribution in [2.24, 2.45) is 0 Å². The second kappa shape index (κ2) is 5.25. The molecule has 0 saturated carbocycles. The molecule has 0 radical (unpaired) electrons. The van der Waals surface area contributed by atoms with Crippen LogP contribution in [0, 0.1) is 15.9 Å². The first-order valence-corrected chi connectivity index (χ1v) is 5.49. The Morgan fingerprint density at radius 3 is 2.69 bits per heavy atom. The normalized spacial score (nSPS) is 14.5. The number of nitro benzene ring substituents is 1. The van der Waals surface area contributed by atoms with Crippen LogP contribution in [0.15, 0.2) is 18.2 Å². The minimum absolute atomic E-state index is 0.173. The van der Waals surface area contributed by atoms with E-state index in [-0.39, 0.29) is 17.0 Å². The lowest BCUT2D eigenvalue weighted by molar-refractivity contribution is -0.385. The second-order valence-electron chi connectivity index (χ2n) is 3.67. The van der Waals surface area contributed by atoms with Crippen molar-refractivity contribution in [2.45, 2.75) is 31.6 Å². The molecule has 0 N–H and O–H groups in total. The van der Waals surface area contributed by atoms with Crippen molar-refractivity contribution in [3.63, 3.8) is 0 Å². The first kappa shape index (κ1) is 12.9. The van der Waals surface area contributed by atoms with E-state index in [1.54, 1.807) is 6.92 Å². The Balaban J connectivity index is 3.17. The van der Waals surface area contributed by atoms with Crippen LogP contribution < -0.4 is 0 Å². The van der Waals surface area contributed by atoms with Crippen molar-refractivity contribution >= 4 is 17.3 Å². The summed E-state index contributed by atoms with van der Waals surface area (Å²) in [6.45, 7) is 3.71. The average Bonchev–Trinajstić information content (AvgIpc) is 2.26.